The van der Waals surface area contributed by atoms with Crippen LogP contribution in [0.3, 0.4) is 0 Å². The minimum absolute atomic E-state index is 0.00909. The number of hydrogen-bond donors (Lipinski definition) is 1. The summed E-state index contributed by atoms with van der Waals surface area (Å²) in [6.45, 7) is 1.50. The molecule has 1 aliphatic carbocycles. The normalized spacial score (nSPS) is 15.7. The highest BCUT2D eigenvalue weighted by Gasteiger charge is 2.23. The van der Waals surface area contributed by atoms with Crippen molar-refractivity contribution in [3.8, 4) is 0 Å². The Morgan fingerprint density at radius 2 is 1.88 bits per heavy atom. The van der Waals surface area contributed by atoms with Crippen LogP contribution in [-0.4, -0.2) is 24.5 Å². The van der Waals surface area contributed by atoms with E-state index in [0.29, 0.717) is 5.56 Å². The van der Waals surface area contributed by atoms with Gasteiger partial charge in [0.2, 0.25) is 15.8 Å². The summed E-state index contributed by atoms with van der Waals surface area (Å²) in [5, 5.41) is 14.6. The van der Waals surface area contributed by atoms with Crippen molar-refractivity contribution >= 4 is 27.9 Å². The number of aromatic nitrogens is 1. The zero-order valence-corrected chi connectivity index (χ0v) is 15.0. The van der Waals surface area contributed by atoms with Gasteiger partial charge in [-0.05, 0) is 43.5 Å². The molecule has 1 N–H and O–H groups in total. The van der Waals surface area contributed by atoms with Gasteiger partial charge in [-0.25, -0.2) is 13.1 Å². The van der Waals surface area contributed by atoms with Crippen LogP contribution in [-0.2, 0) is 10.0 Å². The molecule has 0 aliphatic heterocycles. The van der Waals surface area contributed by atoms with Gasteiger partial charge >= 0.3 is 5.69 Å². The van der Waals surface area contributed by atoms with Crippen LogP contribution in [0.5, 0.6) is 0 Å². The largest absolute Gasteiger partial charge is 0.349 e. The summed E-state index contributed by atoms with van der Waals surface area (Å²) in [6, 6.07) is 6.30. The predicted molar refractivity (Wildman–Crippen MR) is 95.8 cm³/mol. The minimum atomic E-state index is -3.53. The van der Waals surface area contributed by atoms with Gasteiger partial charge in [-0.15, -0.1) is 0 Å². The Kier molecular flexibility index (Phi) is 5.19. The molecule has 1 aromatic carbocycles. The maximum Gasteiger partial charge on any atom is 0.338 e. The Morgan fingerprint density at radius 3 is 2.50 bits per heavy atom. The number of benzene rings is 1. The first-order chi connectivity index (χ1) is 12.4. The molecule has 1 fully saturated rings. The summed E-state index contributed by atoms with van der Waals surface area (Å²) < 4.78 is 32.4. The van der Waals surface area contributed by atoms with Crippen LogP contribution in [0, 0.1) is 17.0 Å². The third-order valence-electron chi connectivity index (χ3n) is 4.33. The van der Waals surface area contributed by atoms with Gasteiger partial charge in [0.05, 0.1) is 9.82 Å². The maximum absolute atomic E-state index is 12.4. The fourth-order valence-electron chi connectivity index (χ4n) is 2.97. The van der Waals surface area contributed by atoms with Gasteiger partial charge in [-0.3, -0.25) is 10.1 Å². The molecule has 8 nitrogen and oxygen atoms in total. The molecule has 1 aromatic heterocycles. The van der Waals surface area contributed by atoms with E-state index < -0.39 is 14.9 Å². The molecule has 9 heteroatoms. The van der Waals surface area contributed by atoms with Crippen molar-refractivity contribution < 1.29 is 17.9 Å². The number of hydrogen-bond acceptors (Lipinski definition) is 6. The first-order valence-corrected chi connectivity index (χ1v) is 9.76. The Hall–Kier alpha value is -2.52. The third kappa shape index (κ3) is 4.00. The zero-order valence-electron chi connectivity index (χ0n) is 14.2. The Bertz CT molecular complexity index is 926. The van der Waals surface area contributed by atoms with Crippen molar-refractivity contribution in [3.63, 3.8) is 0 Å². The lowest BCUT2D eigenvalue weighted by Gasteiger charge is -2.12. The molecule has 26 heavy (non-hydrogen) atoms. The standard InChI is InChI=1S/C17H19N3O5S/c1-12-17(20(21)22)16(25-18-12)11-8-13-6-9-15(10-7-13)26(23,24)19-14-4-2-3-5-14/h6-11,14,19H,2-5H2,1H3. The fourth-order valence-corrected chi connectivity index (χ4v) is 4.28. The van der Waals surface area contributed by atoms with Crippen LogP contribution in [0.4, 0.5) is 5.69 Å². The number of sulfonamides is 1. The molecular formula is C17H19N3O5S. The summed E-state index contributed by atoms with van der Waals surface area (Å²) in [5.74, 6) is 0.0482. The SMILES string of the molecule is Cc1noc(C=Cc2ccc(S(=O)(=O)NC3CCCC3)cc2)c1[N+](=O)[O-]. The minimum Gasteiger partial charge on any atom is -0.349 e. The van der Waals surface area contributed by atoms with Crippen molar-refractivity contribution in [2.75, 3.05) is 0 Å². The summed E-state index contributed by atoms with van der Waals surface area (Å²) in [6.07, 6.45) is 6.88. The highest BCUT2D eigenvalue weighted by atomic mass is 32.2. The van der Waals surface area contributed by atoms with Crippen molar-refractivity contribution in [1.29, 1.82) is 0 Å². The monoisotopic (exact) mass is 377 g/mol. The number of rotatable bonds is 6. The molecule has 138 valence electrons. The van der Waals surface area contributed by atoms with E-state index in [1.54, 1.807) is 18.2 Å². The van der Waals surface area contributed by atoms with Gasteiger partial charge in [0.15, 0.2) is 5.69 Å². The summed E-state index contributed by atoms with van der Waals surface area (Å²) in [5.41, 5.74) is 0.712. The van der Waals surface area contributed by atoms with Crippen molar-refractivity contribution in [2.45, 2.75) is 43.5 Å². The first kappa shape index (κ1) is 18.3. The van der Waals surface area contributed by atoms with E-state index in [2.05, 4.69) is 9.88 Å². The van der Waals surface area contributed by atoms with Crippen molar-refractivity contribution in [1.82, 2.24) is 9.88 Å². The third-order valence-corrected chi connectivity index (χ3v) is 5.87. The summed E-state index contributed by atoms with van der Waals surface area (Å²) in [4.78, 5) is 10.7. The van der Waals surface area contributed by atoms with E-state index in [4.69, 9.17) is 4.52 Å². The number of nitrogens with zero attached hydrogens (tertiary/aromatic N) is 2. The first-order valence-electron chi connectivity index (χ1n) is 8.28. The van der Waals surface area contributed by atoms with Crippen molar-refractivity contribution in [2.24, 2.45) is 0 Å². The molecule has 1 saturated carbocycles. The smallest absolute Gasteiger partial charge is 0.338 e. The molecule has 0 atom stereocenters. The van der Waals surface area contributed by atoms with Crippen LogP contribution in [0.1, 0.15) is 42.7 Å². The van der Waals surface area contributed by atoms with Crippen LogP contribution in [0.25, 0.3) is 12.2 Å². The van der Waals surface area contributed by atoms with Crippen LogP contribution < -0.4 is 4.72 Å². The topological polar surface area (TPSA) is 115 Å². The highest BCUT2D eigenvalue weighted by Crippen LogP contribution is 2.25. The van der Waals surface area contributed by atoms with Gasteiger partial charge in [0, 0.05) is 6.04 Å². The molecule has 3 rings (SSSR count). The van der Waals surface area contributed by atoms with Crippen LogP contribution in [0.15, 0.2) is 33.7 Å². The van der Waals surface area contributed by atoms with E-state index >= 15 is 0 Å². The molecular weight excluding hydrogens is 358 g/mol. The Morgan fingerprint density at radius 1 is 1.23 bits per heavy atom. The average molecular weight is 377 g/mol. The number of nitrogens with one attached hydrogen (secondary N) is 1. The second-order valence-electron chi connectivity index (χ2n) is 6.24. The molecule has 1 aliphatic rings. The quantitative estimate of drug-likeness (QED) is 0.610. The second-order valence-corrected chi connectivity index (χ2v) is 7.96. The van der Waals surface area contributed by atoms with Gasteiger partial charge in [-0.2, -0.15) is 0 Å². The van der Waals surface area contributed by atoms with Crippen molar-refractivity contribution in [3.05, 3.63) is 51.4 Å². The Balaban J connectivity index is 1.74. The van der Waals surface area contributed by atoms with Crippen LogP contribution in [0.2, 0.25) is 0 Å². The maximum atomic E-state index is 12.4. The lowest BCUT2D eigenvalue weighted by Crippen LogP contribution is -2.32. The molecule has 0 saturated heterocycles. The van der Waals surface area contributed by atoms with E-state index in [-0.39, 0.29) is 28.1 Å². The van der Waals surface area contributed by atoms with Gasteiger partial charge in [-0.1, -0.05) is 36.2 Å². The van der Waals surface area contributed by atoms with E-state index in [1.165, 1.54) is 25.1 Å². The highest BCUT2D eigenvalue weighted by molar-refractivity contribution is 7.89. The lowest BCUT2D eigenvalue weighted by atomic mass is 10.2. The second kappa shape index (κ2) is 7.38. The van der Waals surface area contributed by atoms with E-state index in [0.717, 1.165) is 25.7 Å². The molecule has 0 unspecified atom stereocenters. The molecule has 2 aromatic rings. The van der Waals surface area contributed by atoms with Gasteiger partial charge in [0.25, 0.3) is 0 Å². The number of aryl methyl sites for hydroxylation is 1. The van der Waals surface area contributed by atoms with Crippen LogP contribution >= 0.6 is 0 Å². The fraction of sp³-hybridized carbons (Fsp3) is 0.353. The molecule has 0 radical (unpaired) electrons. The molecule has 0 amide bonds. The average Bonchev–Trinajstić information content (AvgIpc) is 3.22. The summed E-state index contributed by atoms with van der Waals surface area (Å²) in [7, 11) is -3.53. The number of nitro groups is 1. The van der Waals surface area contributed by atoms with Gasteiger partial charge < -0.3 is 4.52 Å². The zero-order chi connectivity index (χ0) is 18.7. The molecule has 1 heterocycles. The predicted octanol–water partition coefficient (Wildman–Crippen LogP) is 3.28. The van der Waals surface area contributed by atoms with Gasteiger partial charge in [0.1, 0.15) is 0 Å². The Labute approximate surface area is 151 Å². The van der Waals surface area contributed by atoms with E-state index in [9.17, 15) is 18.5 Å². The van der Waals surface area contributed by atoms with E-state index in [1.807, 2.05) is 0 Å². The molecule has 0 bridgehead atoms. The molecule has 0 spiro atoms. The lowest BCUT2D eigenvalue weighted by molar-refractivity contribution is -0.386. The summed E-state index contributed by atoms with van der Waals surface area (Å²) >= 11 is 0.